The van der Waals surface area contributed by atoms with Gasteiger partial charge in [-0.05, 0) is 49.7 Å². The SMILES string of the molecule is CN1C(=N)N[C@]2(CCC3CCCCC[C@@H](CN3Cc3cccnc3)C2)C1=O. The van der Waals surface area contributed by atoms with Crippen LogP contribution in [0.2, 0.25) is 0 Å². The molecule has 1 aromatic rings. The number of rotatable bonds is 2. The van der Waals surface area contributed by atoms with Crippen LogP contribution in [0.25, 0.3) is 0 Å². The molecule has 3 aliphatic rings. The summed E-state index contributed by atoms with van der Waals surface area (Å²) in [7, 11) is 1.73. The minimum atomic E-state index is -0.556. The number of hydrogen-bond donors (Lipinski definition) is 2. The molecule has 1 amide bonds. The molecule has 4 heterocycles. The zero-order chi connectivity index (χ0) is 18.9. The summed E-state index contributed by atoms with van der Waals surface area (Å²) in [4.78, 5) is 21.4. The smallest absolute Gasteiger partial charge is 0.254 e. The third kappa shape index (κ3) is 3.72. The lowest BCUT2D eigenvalue weighted by Crippen LogP contribution is -2.53. The summed E-state index contributed by atoms with van der Waals surface area (Å²) in [6, 6.07) is 4.68. The molecular formula is C21H31N5O. The third-order valence-electron chi connectivity index (χ3n) is 6.72. The molecular weight excluding hydrogens is 338 g/mol. The van der Waals surface area contributed by atoms with E-state index in [4.69, 9.17) is 5.41 Å². The minimum Gasteiger partial charge on any atom is -0.342 e. The van der Waals surface area contributed by atoms with E-state index in [0.717, 1.165) is 32.4 Å². The molecule has 6 heteroatoms. The van der Waals surface area contributed by atoms with Gasteiger partial charge in [-0.25, -0.2) is 0 Å². The Bertz CT molecular complexity index is 693. The zero-order valence-corrected chi connectivity index (χ0v) is 16.3. The van der Waals surface area contributed by atoms with Crippen molar-refractivity contribution in [3.05, 3.63) is 30.1 Å². The molecule has 1 aromatic heterocycles. The van der Waals surface area contributed by atoms with Crippen LogP contribution in [-0.2, 0) is 11.3 Å². The Balaban J connectivity index is 1.59. The van der Waals surface area contributed by atoms with Crippen molar-refractivity contribution in [3.8, 4) is 0 Å². The van der Waals surface area contributed by atoms with Gasteiger partial charge in [0.15, 0.2) is 5.96 Å². The summed E-state index contributed by atoms with van der Waals surface area (Å²) >= 11 is 0. The van der Waals surface area contributed by atoms with Gasteiger partial charge in [-0.1, -0.05) is 25.3 Å². The number of fused-ring (bicyclic) bond motifs is 3. The van der Waals surface area contributed by atoms with Crippen LogP contribution in [0.3, 0.4) is 0 Å². The fraction of sp³-hybridized carbons (Fsp3) is 0.667. The number of likely N-dealkylation sites (N-methyl/N-ethyl adjacent to an activating group) is 1. The molecule has 0 radical (unpaired) electrons. The largest absolute Gasteiger partial charge is 0.342 e. The van der Waals surface area contributed by atoms with E-state index in [1.165, 1.54) is 42.6 Å². The highest BCUT2D eigenvalue weighted by atomic mass is 16.2. The van der Waals surface area contributed by atoms with Gasteiger partial charge in [0.25, 0.3) is 5.91 Å². The molecule has 4 rings (SSSR count). The highest BCUT2D eigenvalue weighted by Gasteiger charge is 2.50. The highest BCUT2D eigenvalue weighted by Crippen LogP contribution is 2.37. The number of carbonyl (C=O) groups excluding carboxylic acids is 1. The lowest BCUT2D eigenvalue weighted by molar-refractivity contribution is -0.131. The quantitative estimate of drug-likeness (QED) is 0.841. The maximum atomic E-state index is 13.0. The summed E-state index contributed by atoms with van der Waals surface area (Å²) < 4.78 is 0. The molecule has 27 heavy (non-hydrogen) atoms. The maximum Gasteiger partial charge on any atom is 0.254 e. The Morgan fingerprint density at radius 1 is 1.30 bits per heavy atom. The standard InChI is InChI=1S/C21H31N5O/c1-25-19(27)21(24-20(25)22)10-9-18-8-4-2-3-6-16(12-21)14-26(18)15-17-7-5-11-23-13-17/h5,7,11,13,16,18H,2-4,6,8-10,12,14-15H2,1H3,(H2,22,24)/t16-,18?,21+/m1/s1. The monoisotopic (exact) mass is 369 g/mol. The molecule has 0 saturated carbocycles. The predicted octanol–water partition coefficient (Wildman–Crippen LogP) is 2.75. The van der Waals surface area contributed by atoms with Crippen LogP contribution in [0.1, 0.15) is 56.9 Å². The number of nitrogens with zero attached hydrogens (tertiary/aromatic N) is 3. The van der Waals surface area contributed by atoms with Gasteiger partial charge in [0.1, 0.15) is 5.54 Å². The van der Waals surface area contributed by atoms with E-state index < -0.39 is 5.54 Å². The van der Waals surface area contributed by atoms with Crippen LogP contribution in [0.5, 0.6) is 0 Å². The number of aromatic nitrogens is 1. The van der Waals surface area contributed by atoms with E-state index in [0.29, 0.717) is 12.0 Å². The Kier molecular flexibility index (Phi) is 5.17. The van der Waals surface area contributed by atoms with Crippen molar-refractivity contribution in [1.82, 2.24) is 20.1 Å². The molecule has 0 aromatic carbocycles. The second-order valence-corrected chi connectivity index (χ2v) is 8.61. The Morgan fingerprint density at radius 3 is 2.89 bits per heavy atom. The highest BCUT2D eigenvalue weighted by molar-refractivity contribution is 6.07. The van der Waals surface area contributed by atoms with E-state index in [1.54, 1.807) is 7.05 Å². The Morgan fingerprint density at radius 2 is 2.15 bits per heavy atom. The molecule has 2 N–H and O–H groups in total. The van der Waals surface area contributed by atoms with Crippen LogP contribution >= 0.6 is 0 Å². The van der Waals surface area contributed by atoms with Crippen molar-refractivity contribution in [2.75, 3.05) is 13.6 Å². The second kappa shape index (κ2) is 7.58. The van der Waals surface area contributed by atoms with Crippen LogP contribution in [0, 0.1) is 11.3 Å². The third-order valence-corrected chi connectivity index (χ3v) is 6.72. The molecule has 1 spiro atoms. The average molecular weight is 370 g/mol. The van der Waals surface area contributed by atoms with Gasteiger partial charge in [-0.15, -0.1) is 0 Å². The lowest BCUT2D eigenvalue weighted by atomic mass is 9.78. The molecule has 3 atom stereocenters. The van der Waals surface area contributed by atoms with E-state index in [9.17, 15) is 4.79 Å². The number of hydrogen-bond acceptors (Lipinski definition) is 4. The summed E-state index contributed by atoms with van der Waals surface area (Å²) in [5.41, 5.74) is 0.715. The number of amides is 1. The molecule has 6 nitrogen and oxygen atoms in total. The minimum absolute atomic E-state index is 0.0937. The van der Waals surface area contributed by atoms with Gasteiger partial charge in [0.2, 0.25) is 0 Å². The number of nitrogens with one attached hydrogen (secondary N) is 2. The van der Waals surface area contributed by atoms with Crippen molar-refractivity contribution < 1.29 is 4.79 Å². The first-order valence-corrected chi connectivity index (χ1v) is 10.4. The summed E-state index contributed by atoms with van der Waals surface area (Å²) in [5, 5.41) is 11.4. The summed E-state index contributed by atoms with van der Waals surface area (Å²) in [5.74, 6) is 0.840. The van der Waals surface area contributed by atoms with Gasteiger partial charge in [-0.2, -0.15) is 0 Å². The predicted molar refractivity (Wildman–Crippen MR) is 105 cm³/mol. The Labute approximate surface area is 161 Å². The second-order valence-electron chi connectivity index (χ2n) is 8.61. The average Bonchev–Trinajstić information content (AvgIpc) is 2.90. The maximum absolute atomic E-state index is 13.0. The van der Waals surface area contributed by atoms with Crippen molar-refractivity contribution in [1.29, 1.82) is 5.41 Å². The van der Waals surface area contributed by atoms with Crippen molar-refractivity contribution in [2.45, 2.75) is 69.5 Å². The molecule has 3 aliphatic heterocycles. The Hall–Kier alpha value is -1.95. The van der Waals surface area contributed by atoms with Crippen LogP contribution in [0.15, 0.2) is 24.5 Å². The van der Waals surface area contributed by atoms with Gasteiger partial charge in [-0.3, -0.25) is 25.0 Å². The number of pyridine rings is 1. The first-order chi connectivity index (χ1) is 13.1. The van der Waals surface area contributed by atoms with Crippen LogP contribution in [0.4, 0.5) is 0 Å². The lowest BCUT2D eigenvalue weighted by Gasteiger charge is -2.41. The van der Waals surface area contributed by atoms with Gasteiger partial charge in [0, 0.05) is 38.6 Å². The van der Waals surface area contributed by atoms with Crippen LogP contribution in [-0.4, -0.2) is 51.8 Å². The van der Waals surface area contributed by atoms with E-state index in [-0.39, 0.29) is 11.9 Å². The normalized spacial score (nSPS) is 32.6. The molecule has 0 aliphatic carbocycles. The van der Waals surface area contributed by atoms with Gasteiger partial charge >= 0.3 is 0 Å². The van der Waals surface area contributed by atoms with E-state index in [2.05, 4.69) is 21.3 Å². The molecule has 146 valence electrons. The fourth-order valence-corrected chi connectivity index (χ4v) is 5.26. The van der Waals surface area contributed by atoms with Crippen molar-refractivity contribution >= 4 is 11.9 Å². The van der Waals surface area contributed by atoms with Crippen molar-refractivity contribution in [3.63, 3.8) is 0 Å². The van der Waals surface area contributed by atoms with E-state index >= 15 is 0 Å². The molecule has 3 fully saturated rings. The number of guanidine groups is 1. The van der Waals surface area contributed by atoms with Gasteiger partial charge in [0.05, 0.1) is 0 Å². The van der Waals surface area contributed by atoms with Gasteiger partial charge < -0.3 is 5.32 Å². The summed E-state index contributed by atoms with van der Waals surface area (Å²) in [6.45, 7) is 1.98. The topological polar surface area (TPSA) is 72.3 Å². The van der Waals surface area contributed by atoms with Crippen LogP contribution < -0.4 is 5.32 Å². The zero-order valence-electron chi connectivity index (χ0n) is 16.3. The summed E-state index contributed by atoms with van der Waals surface area (Å²) in [6.07, 6.45) is 12.7. The number of carbonyl (C=O) groups is 1. The molecule has 1 unspecified atom stereocenters. The molecule has 2 bridgehead atoms. The first kappa shape index (κ1) is 18.4. The first-order valence-electron chi connectivity index (χ1n) is 10.4. The molecule has 3 saturated heterocycles. The van der Waals surface area contributed by atoms with E-state index in [1.807, 2.05) is 18.5 Å². The van der Waals surface area contributed by atoms with Crippen molar-refractivity contribution in [2.24, 2.45) is 5.92 Å². The fourth-order valence-electron chi connectivity index (χ4n) is 5.26.